The van der Waals surface area contributed by atoms with Crippen LogP contribution in [0.25, 0.3) is 0 Å². The number of ether oxygens (including phenoxy) is 1. The molecule has 0 aliphatic carbocycles. The Morgan fingerprint density at radius 3 is 2.43 bits per heavy atom. The number of benzene rings is 2. The van der Waals surface area contributed by atoms with Gasteiger partial charge in [-0.05, 0) is 49.5 Å². The van der Waals surface area contributed by atoms with Crippen molar-refractivity contribution >= 4 is 52.0 Å². The molecule has 2 aromatic rings. The highest BCUT2D eigenvalue weighted by atomic mass is 35.5. The maximum Gasteiger partial charge on any atom is 0.262 e. The van der Waals surface area contributed by atoms with E-state index in [2.05, 4.69) is 22.2 Å². The third-order valence-electron chi connectivity index (χ3n) is 4.47. The van der Waals surface area contributed by atoms with Crippen molar-refractivity contribution in [1.29, 1.82) is 0 Å². The van der Waals surface area contributed by atoms with Crippen LogP contribution in [0.5, 0.6) is 5.75 Å². The van der Waals surface area contributed by atoms with E-state index in [9.17, 15) is 4.79 Å². The normalized spacial score (nSPS) is 14.6. The fourth-order valence-electron chi connectivity index (χ4n) is 2.81. The second-order valence-electron chi connectivity index (χ2n) is 6.58. The zero-order valence-corrected chi connectivity index (χ0v) is 17.8. The van der Waals surface area contributed by atoms with E-state index in [0.717, 1.165) is 36.7 Å². The van der Waals surface area contributed by atoms with Crippen LogP contribution < -0.4 is 10.1 Å². The Bertz CT molecular complexity index is 853. The number of hydrogen-bond donors (Lipinski definition) is 1. The van der Waals surface area contributed by atoms with E-state index >= 15 is 0 Å². The van der Waals surface area contributed by atoms with Gasteiger partial charge in [0.1, 0.15) is 10.7 Å². The van der Waals surface area contributed by atoms with Crippen LogP contribution in [0.15, 0.2) is 42.5 Å². The quantitative estimate of drug-likeness (QED) is 0.717. The molecular weight excluding hydrogens is 417 g/mol. The Kier molecular flexibility index (Phi) is 7.13. The molecule has 1 heterocycles. The lowest BCUT2D eigenvalue weighted by atomic mass is 10.2. The van der Waals surface area contributed by atoms with Crippen molar-refractivity contribution in [2.45, 2.75) is 0 Å². The molecule has 1 saturated heterocycles. The Hall–Kier alpha value is -1.86. The molecule has 2 aromatic carbocycles. The largest absolute Gasteiger partial charge is 0.484 e. The van der Waals surface area contributed by atoms with Gasteiger partial charge in [0.25, 0.3) is 5.91 Å². The average Bonchev–Trinajstić information content (AvgIpc) is 2.69. The van der Waals surface area contributed by atoms with E-state index in [-0.39, 0.29) is 12.5 Å². The molecule has 1 aliphatic heterocycles. The fourth-order valence-corrected chi connectivity index (χ4v) is 3.59. The SMILES string of the molecule is CN1CCN(C(=S)c2ccc(OCC(=O)Nc3ccc(Cl)cc3Cl)cc2)CC1. The predicted octanol–water partition coefficient (Wildman–Crippen LogP) is 3.93. The molecule has 1 N–H and O–H groups in total. The van der Waals surface area contributed by atoms with E-state index in [1.165, 1.54) is 0 Å². The first kappa shape index (κ1) is 20.9. The lowest BCUT2D eigenvalue weighted by Gasteiger charge is -2.34. The summed E-state index contributed by atoms with van der Waals surface area (Å²) in [6.45, 7) is 3.76. The van der Waals surface area contributed by atoms with E-state index in [1.807, 2.05) is 24.3 Å². The first-order chi connectivity index (χ1) is 13.4. The number of rotatable bonds is 5. The second-order valence-corrected chi connectivity index (χ2v) is 7.81. The molecule has 5 nitrogen and oxygen atoms in total. The topological polar surface area (TPSA) is 44.8 Å². The maximum absolute atomic E-state index is 12.1. The van der Waals surface area contributed by atoms with E-state index in [1.54, 1.807) is 18.2 Å². The molecule has 1 amide bonds. The highest BCUT2D eigenvalue weighted by Crippen LogP contribution is 2.25. The Morgan fingerprint density at radius 2 is 1.79 bits per heavy atom. The second kappa shape index (κ2) is 9.56. The highest BCUT2D eigenvalue weighted by molar-refractivity contribution is 7.80. The molecular formula is C20H21Cl2N3O2S. The fraction of sp³-hybridized carbons (Fsp3) is 0.300. The monoisotopic (exact) mass is 437 g/mol. The summed E-state index contributed by atoms with van der Waals surface area (Å²) >= 11 is 17.5. The summed E-state index contributed by atoms with van der Waals surface area (Å²) in [5.41, 5.74) is 1.47. The number of piperazine rings is 1. The number of carbonyl (C=O) groups excluding carboxylic acids is 1. The van der Waals surface area contributed by atoms with Crippen LogP contribution in [0.3, 0.4) is 0 Å². The van der Waals surface area contributed by atoms with Crippen molar-refractivity contribution in [3.8, 4) is 5.75 Å². The minimum absolute atomic E-state index is 0.124. The first-order valence-corrected chi connectivity index (χ1v) is 10.0. The maximum atomic E-state index is 12.1. The summed E-state index contributed by atoms with van der Waals surface area (Å²) < 4.78 is 5.55. The molecule has 0 radical (unpaired) electrons. The standard InChI is InChI=1S/C20H21Cl2N3O2S/c1-24-8-10-25(11-9-24)20(28)14-2-5-16(6-3-14)27-13-19(26)23-18-7-4-15(21)12-17(18)22/h2-7,12H,8-11,13H2,1H3,(H,23,26). The Labute approximate surface area is 180 Å². The van der Waals surface area contributed by atoms with Crippen molar-refractivity contribution in [3.05, 3.63) is 58.1 Å². The van der Waals surface area contributed by atoms with Crippen molar-refractivity contribution in [2.75, 3.05) is 45.2 Å². The van der Waals surface area contributed by atoms with Crippen LogP contribution in [0.1, 0.15) is 5.56 Å². The molecule has 0 bridgehead atoms. The van der Waals surface area contributed by atoms with Crippen molar-refractivity contribution in [2.24, 2.45) is 0 Å². The van der Waals surface area contributed by atoms with Gasteiger partial charge in [-0.2, -0.15) is 0 Å². The van der Waals surface area contributed by atoms with E-state index in [4.69, 9.17) is 40.2 Å². The molecule has 28 heavy (non-hydrogen) atoms. The number of thiocarbonyl (C=S) groups is 1. The van der Waals surface area contributed by atoms with Gasteiger partial charge in [0.2, 0.25) is 0 Å². The van der Waals surface area contributed by atoms with Gasteiger partial charge >= 0.3 is 0 Å². The van der Waals surface area contributed by atoms with E-state index < -0.39 is 0 Å². The zero-order valence-electron chi connectivity index (χ0n) is 15.5. The van der Waals surface area contributed by atoms with Crippen molar-refractivity contribution in [3.63, 3.8) is 0 Å². The van der Waals surface area contributed by atoms with Crippen molar-refractivity contribution in [1.82, 2.24) is 9.80 Å². The minimum atomic E-state index is -0.304. The first-order valence-electron chi connectivity index (χ1n) is 8.88. The third-order valence-corrected chi connectivity index (χ3v) is 5.51. The molecule has 1 fully saturated rings. The zero-order chi connectivity index (χ0) is 20.1. The van der Waals surface area contributed by atoms with Gasteiger partial charge in [-0.1, -0.05) is 35.4 Å². The number of amides is 1. The van der Waals surface area contributed by atoms with Crippen LogP contribution in [0, 0.1) is 0 Å². The smallest absolute Gasteiger partial charge is 0.262 e. The molecule has 148 valence electrons. The summed E-state index contributed by atoms with van der Waals surface area (Å²) in [6.07, 6.45) is 0. The number of anilines is 1. The van der Waals surface area contributed by atoms with E-state index in [0.29, 0.717) is 21.5 Å². The number of nitrogens with one attached hydrogen (secondary N) is 1. The molecule has 0 unspecified atom stereocenters. The van der Waals surface area contributed by atoms with Gasteiger partial charge in [0, 0.05) is 36.8 Å². The number of hydrogen-bond acceptors (Lipinski definition) is 4. The lowest BCUT2D eigenvalue weighted by Crippen LogP contribution is -2.46. The van der Waals surface area contributed by atoms with Gasteiger partial charge in [0.15, 0.2) is 6.61 Å². The van der Waals surface area contributed by atoms with Crippen LogP contribution in [0.2, 0.25) is 10.0 Å². The molecule has 0 aromatic heterocycles. The number of carbonyl (C=O) groups is 1. The predicted molar refractivity (Wildman–Crippen MR) is 118 cm³/mol. The van der Waals surface area contributed by atoms with Gasteiger partial charge in [-0.15, -0.1) is 0 Å². The molecule has 0 saturated carbocycles. The third kappa shape index (κ3) is 5.58. The van der Waals surface area contributed by atoms with Gasteiger partial charge < -0.3 is 19.9 Å². The van der Waals surface area contributed by atoms with Gasteiger partial charge in [-0.25, -0.2) is 0 Å². The summed E-state index contributed by atoms with van der Waals surface area (Å²) in [6, 6.07) is 12.4. The number of likely N-dealkylation sites (N-methyl/N-ethyl adjacent to an activating group) is 1. The highest BCUT2D eigenvalue weighted by Gasteiger charge is 2.17. The Morgan fingerprint density at radius 1 is 1.11 bits per heavy atom. The minimum Gasteiger partial charge on any atom is -0.484 e. The van der Waals surface area contributed by atoms with Crippen LogP contribution >= 0.6 is 35.4 Å². The molecule has 0 atom stereocenters. The molecule has 8 heteroatoms. The van der Waals surface area contributed by atoms with Crippen LogP contribution in [0.4, 0.5) is 5.69 Å². The van der Waals surface area contributed by atoms with Gasteiger partial charge in [-0.3, -0.25) is 4.79 Å². The summed E-state index contributed by atoms with van der Waals surface area (Å²) in [7, 11) is 2.11. The molecule has 3 rings (SSSR count). The van der Waals surface area contributed by atoms with Gasteiger partial charge in [0.05, 0.1) is 10.7 Å². The van der Waals surface area contributed by atoms with Crippen LogP contribution in [-0.4, -0.2) is 60.5 Å². The molecule has 0 spiro atoms. The summed E-state index contributed by atoms with van der Waals surface area (Å²) in [5, 5.41) is 3.58. The lowest BCUT2D eigenvalue weighted by molar-refractivity contribution is -0.118. The van der Waals surface area contributed by atoms with Crippen LogP contribution in [-0.2, 0) is 4.79 Å². The Balaban J connectivity index is 1.51. The molecule has 1 aliphatic rings. The van der Waals surface area contributed by atoms with Crippen molar-refractivity contribution < 1.29 is 9.53 Å². The number of halogens is 2. The summed E-state index contributed by atoms with van der Waals surface area (Å²) in [5.74, 6) is 0.295. The summed E-state index contributed by atoms with van der Waals surface area (Å²) in [4.78, 5) is 17.4. The number of nitrogens with zero attached hydrogens (tertiary/aromatic N) is 2. The average molecular weight is 438 g/mol.